The first-order chi connectivity index (χ1) is 17.3. The van der Waals surface area contributed by atoms with Crippen molar-refractivity contribution in [1.29, 1.82) is 0 Å². The molecular formula is C24H22F3N7O2. The summed E-state index contributed by atoms with van der Waals surface area (Å²) in [6.07, 6.45) is 6.74. The summed E-state index contributed by atoms with van der Waals surface area (Å²) < 4.78 is 51.7. The molecule has 0 radical (unpaired) electrons. The first-order valence-electron chi connectivity index (χ1n) is 11.6. The lowest BCUT2D eigenvalue weighted by atomic mass is 10.1. The van der Waals surface area contributed by atoms with Crippen molar-refractivity contribution in [2.24, 2.45) is 7.05 Å². The molecule has 0 unspecified atom stereocenters. The molecule has 4 aromatic rings. The lowest BCUT2D eigenvalue weighted by Gasteiger charge is -2.36. The monoisotopic (exact) mass is 497 g/mol. The van der Waals surface area contributed by atoms with Crippen LogP contribution in [0.15, 0.2) is 35.5 Å². The van der Waals surface area contributed by atoms with Crippen LogP contribution >= 0.6 is 0 Å². The Morgan fingerprint density at radius 3 is 2.56 bits per heavy atom. The summed E-state index contributed by atoms with van der Waals surface area (Å²) in [5.41, 5.74) is 0.0408. The van der Waals surface area contributed by atoms with Gasteiger partial charge in [0.1, 0.15) is 17.4 Å². The summed E-state index contributed by atoms with van der Waals surface area (Å²) in [7, 11) is 1.46. The standard InChI is InChI=1S/C24H22F3N7O2/c1-12-9-33(11-20(36-12)13-7-29-34(10-13)14-3-4-14)24-30-21(15-5-18(26)19(27)6-17(15)25)16-8-28-32(2)23(35)22(16)31-24/h5-8,10,12,14,20H,3-4,9,11H2,1-2H3/t12-,20-/m1/s1. The predicted octanol–water partition coefficient (Wildman–Crippen LogP) is 3.31. The maximum atomic E-state index is 14.8. The summed E-state index contributed by atoms with van der Waals surface area (Å²) >= 11 is 0. The Kier molecular flexibility index (Phi) is 5.29. The second kappa shape index (κ2) is 8.40. The molecule has 0 amide bonds. The van der Waals surface area contributed by atoms with E-state index in [0.717, 1.165) is 29.2 Å². The van der Waals surface area contributed by atoms with Gasteiger partial charge >= 0.3 is 0 Å². The molecule has 0 N–H and O–H groups in total. The van der Waals surface area contributed by atoms with Crippen LogP contribution in [0.25, 0.3) is 22.2 Å². The van der Waals surface area contributed by atoms with E-state index in [4.69, 9.17) is 4.74 Å². The van der Waals surface area contributed by atoms with Crippen LogP contribution in [0.1, 0.15) is 37.5 Å². The summed E-state index contributed by atoms with van der Waals surface area (Å²) in [6, 6.07) is 1.61. The van der Waals surface area contributed by atoms with Crippen molar-refractivity contribution < 1.29 is 17.9 Å². The van der Waals surface area contributed by atoms with Crippen LogP contribution in [0, 0.1) is 17.5 Å². The van der Waals surface area contributed by atoms with Crippen molar-refractivity contribution in [3.8, 4) is 11.3 Å². The zero-order valence-corrected chi connectivity index (χ0v) is 19.5. The Balaban J connectivity index is 1.46. The van der Waals surface area contributed by atoms with Gasteiger partial charge in [-0.1, -0.05) is 0 Å². The van der Waals surface area contributed by atoms with E-state index in [1.165, 1.54) is 13.2 Å². The molecule has 1 saturated heterocycles. The molecule has 1 aliphatic carbocycles. The number of benzene rings is 1. The Morgan fingerprint density at radius 1 is 1.00 bits per heavy atom. The molecule has 2 aliphatic rings. The molecule has 1 aliphatic heterocycles. The second-order valence-electron chi connectivity index (χ2n) is 9.28. The summed E-state index contributed by atoms with van der Waals surface area (Å²) in [5, 5.41) is 8.56. The Bertz CT molecular complexity index is 1550. The van der Waals surface area contributed by atoms with Crippen molar-refractivity contribution >= 4 is 16.9 Å². The largest absolute Gasteiger partial charge is 0.367 e. The van der Waals surface area contributed by atoms with E-state index >= 15 is 0 Å². The minimum absolute atomic E-state index is 0.00567. The second-order valence-corrected chi connectivity index (χ2v) is 9.28. The lowest BCUT2D eigenvalue weighted by Crippen LogP contribution is -2.43. The lowest BCUT2D eigenvalue weighted by molar-refractivity contribution is -0.0178. The van der Waals surface area contributed by atoms with E-state index in [1.807, 2.05) is 22.7 Å². The van der Waals surface area contributed by atoms with Gasteiger partial charge in [0.25, 0.3) is 5.56 Å². The maximum Gasteiger partial charge on any atom is 0.293 e. The topological polar surface area (TPSA) is 91.0 Å². The molecule has 1 saturated carbocycles. The Labute approximate surface area is 203 Å². The van der Waals surface area contributed by atoms with Crippen molar-refractivity contribution in [3.63, 3.8) is 0 Å². The van der Waals surface area contributed by atoms with Crippen molar-refractivity contribution in [2.75, 3.05) is 18.0 Å². The molecule has 0 bridgehead atoms. The highest BCUT2D eigenvalue weighted by Crippen LogP contribution is 2.36. The maximum absolute atomic E-state index is 14.8. The zero-order valence-electron chi connectivity index (χ0n) is 19.5. The van der Waals surface area contributed by atoms with Gasteiger partial charge in [0.05, 0.1) is 42.2 Å². The van der Waals surface area contributed by atoms with Crippen LogP contribution in [-0.2, 0) is 11.8 Å². The number of hydrogen-bond acceptors (Lipinski definition) is 7. The number of fused-ring (bicyclic) bond motifs is 1. The number of hydrogen-bond donors (Lipinski definition) is 0. The van der Waals surface area contributed by atoms with Crippen molar-refractivity contribution in [2.45, 2.75) is 38.0 Å². The fourth-order valence-electron chi connectivity index (χ4n) is 4.50. The van der Waals surface area contributed by atoms with Gasteiger partial charge in [-0.2, -0.15) is 10.2 Å². The number of anilines is 1. The van der Waals surface area contributed by atoms with Gasteiger partial charge < -0.3 is 9.64 Å². The van der Waals surface area contributed by atoms with E-state index in [2.05, 4.69) is 20.2 Å². The average molecular weight is 497 g/mol. The molecule has 2 fully saturated rings. The molecule has 36 heavy (non-hydrogen) atoms. The van der Waals surface area contributed by atoms with Crippen LogP contribution in [0.4, 0.5) is 19.1 Å². The van der Waals surface area contributed by atoms with Gasteiger partial charge in [-0.05, 0) is 25.8 Å². The zero-order chi connectivity index (χ0) is 25.1. The normalized spacial score (nSPS) is 20.3. The minimum atomic E-state index is -1.32. The van der Waals surface area contributed by atoms with Crippen molar-refractivity contribution in [1.82, 2.24) is 29.5 Å². The van der Waals surface area contributed by atoms with Gasteiger partial charge in [0.15, 0.2) is 11.6 Å². The number of rotatable bonds is 4. The molecule has 12 heteroatoms. The quantitative estimate of drug-likeness (QED) is 0.400. The number of nitrogens with zero attached hydrogens (tertiary/aromatic N) is 7. The fourth-order valence-corrected chi connectivity index (χ4v) is 4.50. The van der Waals surface area contributed by atoms with E-state index in [9.17, 15) is 18.0 Å². The molecule has 1 aromatic carbocycles. The number of aromatic nitrogens is 6. The molecular weight excluding hydrogens is 475 g/mol. The van der Waals surface area contributed by atoms with Gasteiger partial charge in [-0.3, -0.25) is 9.48 Å². The third-order valence-corrected chi connectivity index (χ3v) is 6.51. The van der Waals surface area contributed by atoms with E-state index in [0.29, 0.717) is 25.2 Å². The summed E-state index contributed by atoms with van der Waals surface area (Å²) in [6.45, 7) is 2.67. The highest BCUT2D eigenvalue weighted by molar-refractivity contribution is 5.92. The molecule has 2 atom stereocenters. The summed E-state index contributed by atoms with van der Waals surface area (Å²) in [4.78, 5) is 23.8. The van der Waals surface area contributed by atoms with Gasteiger partial charge in [0, 0.05) is 37.0 Å². The molecule has 3 aromatic heterocycles. The van der Waals surface area contributed by atoms with Gasteiger partial charge in [-0.15, -0.1) is 0 Å². The molecule has 4 heterocycles. The fraction of sp³-hybridized carbons (Fsp3) is 0.375. The highest BCUT2D eigenvalue weighted by Gasteiger charge is 2.32. The minimum Gasteiger partial charge on any atom is -0.367 e. The summed E-state index contributed by atoms with van der Waals surface area (Å²) in [5.74, 6) is -3.41. The average Bonchev–Trinajstić information content (AvgIpc) is 3.59. The van der Waals surface area contributed by atoms with Crippen LogP contribution in [-0.4, -0.2) is 48.7 Å². The predicted molar refractivity (Wildman–Crippen MR) is 124 cm³/mol. The van der Waals surface area contributed by atoms with Gasteiger partial charge in [-0.25, -0.2) is 27.8 Å². The molecule has 6 rings (SSSR count). The van der Waals surface area contributed by atoms with Crippen LogP contribution < -0.4 is 10.5 Å². The molecule has 0 spiro atoms. The molecule has 186 valence electrons. The number of ether oxygens (including phenoxy) is 1. The third-order valence-electron chi connectivity index (χ3n) is 6.51. The van der Waals surface area contributed by atoms with Crippen molar-refractivity contribution in [3.05, 3.63) is 64.1 Å². The molecule has 9 nitrogen and oxygen atoms in total. The van der Waals surface area contributed by atoms with Gasteiger partial charge in [0.2, 0.25) is 5.95 Å². The van der Waals surface area contributed by atoms with E-state index < -0.39 is 23.0 Å². The number of morpholine rings is 1. The van der Waals surface area contributed by atoms with E-state index in [1.54, 1.807) is 6.20 Å². The smallest absolute Gasteiger partial charge is 0.293 e. The highest BCUT2D eigenvalue weighted by atomic mass is 19.2. The Morgan fingerprint density at radius 2 is 1.78 bits per heavy atom. The Hall–Kier alpha value is -3.80. The third kappa shape index (κ3) is 3.91. The van der Waals surface area contributed by atoms with Crippen LogP contribution in [0.5, 0.6) is 0 Å². The number of halogens is 3. The SMILES string of the molecule is C[C@@H]1CN(c2nc(-c3cc(F)c(F)cc3F)c3cnn(C)c(=O)c3n2)C[C@H](c2cnn(C3CC3)c2)O1. The van der Waals surface area contributed by atoms with Crippen LogP contribution in [0.2, 0.25) is 0 Å². The number of aryl methyl sites for hydroxylation is 1. The van der Waals surface area contributed by atoms with E-state index in [-0.39, 0.29) is 40.3 Å². The van der Waals surface area contributed by atoms with Crippen LogP contribution in [0.3, 0.4) is 0 Å². The first-order valence-corrected chi connectivity index (χ1v) is 11.6. The first kappa shape index (κ1) is 22.7.